The van der Waals surface area contributed by atoms with E-state index in [0.29, 0.717) is 10.6 Å². The Balaban J connectivity index is 1.99. The largest absolute Gasteiger partial charge is 0.452 e. The van der Waals surface area contributed by atoms with Gasteiger partial charge in [-0.05, 0) is 26.8 Å². The molecule has 1 aromatic carbocycles. The first-order chi connectivity index (χ1) is 12.8. The SMILES string of the molecule is Cc1onc(-c2ccccc2Cl)c1C(=O)OCC(=O)NCC(=O)NC(C)C. The molecule has 0 radical (unpaired) electrons. The molecule has 2 N–H and O–H groups in total. The third kappa shape index (κ3) is 5.55. The van der Waals surface area contributed by atoms with Crippen LogP contribution in [0.1, 0.15) is 30.0 Å². The first kappa shape index (κ1) is 20.4. The van der Waals surface area contributed by atoms with Gasteiger partial charge in [-0.15, -0.1) is 0 Å². The van der Waals surface area contributed by atoms with Crippen molar-refractivity contribution >= 4 is 29.4 Å². The lowest BCUT2D eigenvalue weighted by Crippen LogP contribution is -2.41. The molecule has 2 aromatic rings. The molecule has 0 unspecified atom stereocenters. The molecule has 0 saturated carbocycles. The molecule has 1 aromatic heterocycles. The maximum atomic E-state index is 12.4. The number of ether oxygens (including phenoxy) is 1. The van der Waals surface area contributed by atoms with Crippen LogP contribution in [0, 0.1) is 6.92 Å². The zero-order valence-electron chi connectivity index (χ0n) is 15.2. The second-order valence-corrected chi connectivity index (χ2v) is 6.42. The standard InChI is InChI=1S/C18H20ClN3O5/c1-10(2)21-14(23)8-20-15(24)9-26-18(25)16-11(3)27-22-17(16)12-6-4-5-7-13(12)19/h4-7,10H,8-9H2,1-3H3,(H,20,24)(H,21,23). The third-order valence-electron chi connectivity index (χ3n) is 3.43. The molecule has 9 heteroatoms. The van der Waals surface area contributed by atoms with Crippen LogP contribution in [0.15, 0.2) is 28.8 Å². The molecule has 0 spiro atoms. The second kappa shape index (κ2) is 9.18. The highest BCUT2D eigenvalue weighted by atomic mass is 35.5. The third-order valence-corrected chi connectivity index (χ3v) is 3.76. The number of hydrogen-bond acceptors (Lipinski definition) is 6. The van der Waals surface area contributed by atoms with Crippen LogP contribution in [-0.4, -0.2) is 42.1 Å². The number of carbonyl (C=O) groups is 3. The van der Waals surface area contributed by atoms with Crippen LogP contribution in [0.2, 0.25) is 5.02 Å². The molecule has 0 aliphatic heterocycles. The fraction of sp³-hybridized carbons (Fsp3) is 0.333. The van der Waals surface area contributed by atoms with Crippen LogP contribution in [0.3, 0.4) is 0 Å². The molecule has 27 heavy (non-hydrogen) atoms. The zero-order valence-corrected chi connectivity index (χ0v) is 15.9. The van der Waals surface area contributed by atoms with Gasteiger partial charge in [0.05, 0.1) is 11.6 Å². The van der Waals surface area contributed by atoms with Crippen LogP contribution in [0.5, 0.6) is 0 Å². The van der Waals surface area contributed by atoms with Gasteiger partial charge in [0, 0.05) is 11.6 Å². The second-order valence-electron chi connectivity index (χ2n) is 6.02. The number of aryl methyl sites for hydroxylation is 1. The molecule has 0 saturated heterocycles. The van der Waals surface area contributed by atoms with Crippen molar-refractivity contribution in [3.05, 3.63) is 40.6 Å². The van der Waals surface area contributed by atoms with Gasteiger partial charge in [0.15, 0.2) is 6.61 Å². The molecular formula is C18H20ClN3O5. The fourth-order valence-corrected chi connectivity index (χ4v) is 2.48. The Morgan fingerprint density at radius 1 is 1.22 bits per heavy atom. The normalized spacial score (nSPS) is 10.6. The number of nitrogens with one attached hydrogen (secondary N) is 2. The molecule has 144 valence electrons. The highest BCUT2D eigenvalue weighted by Crippen LogP contribution is 2.31. The number of benzene rings is 1. The summed E-state index contributed by atoms with van der Waals surface area (Å²) >= 11 is 6.14. The van der Waals surface area contributed by atoms with Crippen molar-refractivity contribution in [2.24, 2.45) is 0 Å². The van der Waals surface area contributed by atoms with Gasteiger partial charge < -0.3 is 19.9 Å². The molecule has 0 aliphatic rings. The van der Waals surface area contributed by atoms with Crippen LogP contribution in [0.25, 0.3) is 11.3 Å². The number of rotatable bonds is 7. The Kier molecular flexibility index (Phi) is 6.95. The van der Waals surface area contributed by atoms with E-state index in [-0.39, 0.29) is 35.5 Å². The van der Waals surface area contributed by atoms with Crippen molar-refractivity contribution in [2.75, 3.05) is 13.2 Å². The summed E-state index contributed by atoms with van der Waals surface area (Å²) in [5.74, 6) is -1.46. The molecule has 8 nitrogen and oxygen atoms in total. The molecule has 1 heterocycles. The number of carbonyl (C=O) groups excluding carboxylic acids is 3. The number of amides is 2. The number of halogens is 1. The van der Waals surface area contributed by atoms with Crippen LogP contribution < -0.4 is 10.6 Å². The summed E-state index contributed by atoms with van der Waals surface area (Å²) in [4.78, 5) is 35.7. The van der Waals surface area contributed by atoms with E-state index >= 15 is 0 Å². The van der Waals surface area contributed by atoms with Gasteiger partial charge in [0.1, 0.15) is 17.0 Å². The highest BCUT2D eigenvalue weighted by molar-refractivity contribution is 6.33. The molecule has 0 bridgehead atoms. The molecule has 2 amide bonds. The maximum Gasteiger partial charge on any atom is 0.344 e. The predicted octanol–water partition coefficient (Wildman–Crippen LogP) is 2.10. The van der Waals surface area contributed by atoms with E-state index in [0.717, 1.165) is 0 Å². The Morgan fingerprint density at radius 2 is 1.93 bits per heavy atom. The maximum absolute atomic E-state index is 12.4. The summed E-state index contributed by atoms with van der Waals surface area (Å²) in [6.45, 7) is 4.42. The summed E-state index contributed by atoms with van der Waals surface area (Å²) in [6.07, 6.45) is 0. The first-order valence-electron chi connectivity index (χ1n) is 8.24. The zero-order chi connectivity index (χ0) is 20.0. The number of aromatic nitrogens is 1. The monoisotopic (exact) mass is 393 g/mol. The Bertz CT molecular complexity index is 847. The summed E-state index contributed by atoms with van der Waals surface area (Å²) in [7, 11) is 0. The van der Waals surface area contributed by atoms with Gasteiger partial charge in [-0.2, -0.15) is 0 Å². The van der Waals surface area contributed by atoms with E-state index in [1.54, 1.807) is 45.0 Å². The quantitative estimate of drug-likeness (QED) is 0.697. The van der Waals surface area contributed by atoms with Crippen molar-refractivity contribution in [3.63, 3.8) is 0 Å². The summed E-state index contributed by atoms with van der Waals surface area (Å²) in [5.41, 5.74) is 0.839. The molecular weight excluding hydrogens is 374 g/mol. The van der Waals surface area contributed by atoms with Crippen molar-refractivity contribution in [3.8, 4) is 11.3 Å². The van der Waals surface area contributed by atoms with Gasteiger partial charge in [-0.1, -0.05) is 35.0 Å². The average molecular weight is 394 g/mol. The van der Waals surface area contributed by atoms with Gasteiger partial charge in [0.25, 0.3) is 5.91 Å². The van der Waals surface area contributed by atoms with Gasteiger partial charge >= 0.3 is 5.97 Å². The molecule has 0 atom stereocenters. The van der Waals surface area contributed by atoms with Crippen molar-refractivity contribution in [2.45, 2.75) is 26.8 Å². The van der Waals surface area contributed by atoms with Crippen molar-refractivity contribution in [1.29, 1.82) is 0 Å². The average Bonchev–Trinajstić information content (AvgIpc) is 2.99. The van der Waals surface area contributed by atoms with Gasteiger partial charge in [-0.3, -0.25) is 9.59 Å². The van der Waals surface area contributed by atoms with E-state index in [2.05, 4.69) is 15.8 Å². The summed E-state index contributed by atoms with van der Waals surface area (Å²) in [6, 6.07) is 6.81. The van der Waals surface area contributed by atoms with Crippen molar-refractivity contribution < 1.29 is 23.6 Å². The number of esters is 1. The smallest absolute Gasteiger partial charge is 0.344 e. The van der Waals surface area contributed by atoms with Crippen LogP contribution in [0.4, 0.5) is 0 Å². The molecule has 0 aliphatic carbocycles. The van der Waals surface area contributed by atoms with Crippen LogP contribution >= 0.6 is 11.6 Å². The Labute approximate surface area is 161 Å². The first-order valence-corrected chi connectivity index (χ1v) is 8.61. The lowest BCUT2D eigenvalue weighted by molar-refractivity contribution is -0.128. The van der Waals surface area contributed by atoms with E-state index in [1.165, 1.54) is 0 Å². The number of hydrogen-bond donors (Lipinski definition) is 2. The highest BCUT2D eigenvalue weighted by Gasteiger charge is 2.24. The topological polar surface area (TPSA) is 111 Å². The number of nitrogens with zero attached hydrogens (tertiary/aromatic N) is 1. The fourth-order valence-electron chi connectivity index (χ4n) is 2.26. The van der Waals surface area contributed by atoms with E-state index in [4.69, 9.17) is 20.9 Å². The van der Waals surface area contributed by atoms with Crippen LogP contribution in [-0.2, 0) is 14.3 Å². The minimum atomic E-state index is -0.773. The molecule has 0 fully saturated rings. The summed E-state index contributed by atoms with van der Waals surface area (Å²) in [5, 5.41) is 9.26. The van der Waals surface area contributed by atoms with Gasteiger partial charge in [0.2, 0.25) is 5.91 Å². The van der Waals surface area contributed by atoms with Crippen molar-refractivity contribution in [1.82, 2.24) is 15.8 Å². The Hall–Kier alpha value is -2.87. The van der Waals surface area contributed by atoms with E-state index in [9.17, 15) is 14.4 Å². The minimum Gasteiger partial charge on any atom is -0.452 e. The Morgan fingerprint density at radius 3 is 2.59 bits per heavy atom. The minimum absolute atomic E-state index is 0.0352. The lowest BCUT2D eigenvalue weighted by atomic mass is 10.1. The predicted molar refractivity (Wildman–Crippen MR) is 98.3 cm³/mol. The van der Waals surface area contributed by atoms with Gasteiger partial charge in [-0.25, -0.2) is 4.79 Å². The molecule has 2 rings (SSSR count). The lowest BCUT2D eigenvalue weighted by Gasteiger charge is -2.09. The van der Waals surface area contributed by atoms with E-state index in [1.807, 2.05) is 0 Å². The summed E-state index contributed by atoms with van der Waals surface area (Å²) < 4.78 is 10.1. The van der Waals surface area contributed by atoms with E-state index < -0.39 is 18.5 Å².